The van der Waals surface area contributed by atoms with Crippen molar-refractivity contribution < 1.29 is 0 Å². The van der Waals surface area contributed by atoms with Gasteiger partial charge in [-0.15, -0.1) is 11.6 Å². The number of nitrogens with zero attached hydrogens (tertiary/aromatic N) is 2. The second kappa shape index (κ2) is 4.94. The minimum atomic E-state index is 0.410. The highest BCUT2D eigenvalue weighted by Gasteiger charge is 2.19. The number of nitrogens with one attached hydrogen (secondary N) is 1. The lowest BCUT2D eigenvalue weighted by Crippen LogP contribution is -2.21. The highest BCUT2D eigenvalue weighted by molar-refractivity contribution is 7.09. The Morgan fingerprint density at radius 1 is 1.43 bits per heavy atom. The molecule has 78 valence electrons. The molecule has 0 aromatic carbocycles. The normalized spacial score (nSPS) is 27.5. The molecular formula is C9H14ClN3S. The van der Waals surface area contributed by atoms with Crippen LogP contribution in [0.15, 0.2) is 6.33 Å². The minimum Gasteiger partial charge on any atom is -0.360 e. The van der Waals surface area contributed by atoms with Crippen LogP contribution in [-0.4, -0.2) is 21.3 Å². The molecule has 14 heavy (non-hydrogen) atoms. The van der Waals surface area contributed by atoms with E-state index in [-0.39, 0.29) is 0 Å². The number of aromatic nitrogens is 2. The quantitative estimate of drug-likeness (QED) is 0.813. The van der Waals surface area contributed by atoms with Crippen LogP contribution >= 0.6 is 23.1 Å². The first kappa shape index (κ1) is 10.2. The molecule has 2 rings (SSSR count). The van der Waals surface area contributed by atoms with Crippen LogP contribution in [0.5, 0.6) is 0 Å². The molecule has 0 unspecified atom stereocenters. The molecule has 0 aliphatic heterocycles. The van der Waals surface area contributed by atoms with Crippen LogP contribution in [0, 0.1) is 5.92 Å². The largest absolute Gasteiger partial charge is 0.360 e. The average molecular weight is 232 g/mol. The van der Waals surface area contributed by atoms with Crippen LogP contribution in [0.3, 0.4) is 0 Å². The van der Waals surface area contributed by atoms with Crippen molar-refractivity contribution in [3.63, 3.8) is 0 Å². The second-order valence-corrected chi connectivity index (χ2v) is 5.14. The summed E-state index contributed by atoms with van der Waals surface area (Å²) in [5.41, 5.74) is 0. The Morgan fingerprint density at radius 2 is 2.21 bits per heavy atom. The third kappa shape index (κ3) is 2.82. The molecule has 0 radical (unpaired) electrons. The van der Waals surface area contributed by atoms with Crippen molar-refractivity contribution in [1.29, 1.82) is 0 Å². The highest BCUT2D eigenvalue weighted by Crippen LogP contribution is 2.27. The van der Waals surface area contributed by atoms with Gasteiger partial charge in [0.15, 0.2) is 0 Å². The van der Waals surface area contributed by atoms with E-state index in [0.717, 1.165) is 30.4 Å². The van der Waals surface area contributed by atoms with Crippen LogP contribution in [0.4, 0.5) is 5.13 Å². The predicted molar refractivity (Wildman–Crippen MR) is 60.0 cm³/mol. The van der Waals surface area contributed by atoms with Crippen LogP contribution in [0.25, 0.3) is 0 Å². The SMILES string of the molecule is ClC1CCC(CNc2ncns2)CC1. The first-order chi connectivity index (χ1) is 6.84. The zero-order chi connectivity index (χ0) is 9.80. The minimum absolute atomic E-state index is 0.410. The smallest absolute Gasteiger partial charge is 0.202 e. The zero-order valence-corrected chi connectivity index (χ0v) is 9.52. The molecule has 0 amide bonds. The molecule has 1 saturated carbocycles. The Morgan fingerprint density at radius 3 is 2.86 bits per heavy atom. The highest BCUT2D eigenvalue weighted by atomic mass is 35.5. The van der Waals surface area contributed by atoms with Gasteiger partial charge in [-0.05, 0) is 31.6 Å². The van der Waals surface area contributed by atoms with Gasteiger partial charge in [0.2, 0.25) is 5.13 Å². The Bertz CT molecular complexity index is 257. The van der Waals surface area contributed by atoms with E-state index >= 15 is 0 Å². The van der Waals surface area contributed by atoms with Gasteiger partial charge in [0.05, 0.1) is 0 Å². The Labute approximate surface area is 93.1 Å². The predicted octanol–water partition coefficient (Wildman–Crippen LogP) is 2.75. The van der Waals surface area contributed by atoms with Crippen LogP contribution in [0.2, 0.25) is 0 Å². The van der Waals surface area contributed by atoms with Crippen molar-refractivity contribution in [3.8, 4) is 0 Å². The van der Waals surface area contributed by atoms with Gasteiger partial charge in [-0.2, -0.15) is 4.37 Å². The molecule has 0 saturated heterocycles. The molecule has 0 atom stereocenters. The molecule has 1 fully saturated rings. The van der Waals surface area contributed by atoms with Crippen molar-refractivity contribution in [3.05, 3.63) is 6.33 Å². The van der Waals surface area contributed by atoms with Gasteiger partial charge in [-0.1, -0.05) is 0 Å². The molecule has 3 nitrogen and oxygen atoms in total. The van der Waals surface area contributed by atoms with Gasteiger partial charge in [-0.3, -0.25) is 0 Å². The maximum Gasteiger partial charge on any atom is 0.202 e. The van der Waals surface area contributed by atoms with Gasteiger partial charge in [0, 0.05) is 23.5 Å². The first-order valence-electron chi connectivity index (χ1n) is 4.99. The van der Waals surface area contributed by atoms with Crippen LogP contribution < -0.4 is 5.32 Å². The van der Waals surface area contributed by atoms with E-state index < -0.39 is 0 Å². The van der Waals surface area contributed by atoms with E-state index in [2.05, 4.69) is 14.7 Å². The van der Waals surface area contributed by atoms with E-state index in [1.807, 2.05) is 0 Å². The first-order valence-corrected chi connectivity index (χ1v) is 6.20. The number of halogens is 1. The molecule has 5 heteroatoms. The molecule has 1 aromatic heterocycles. The molecule has 1 N–H and O–H groups in total. The third-order valence-electron chi connectivity index (χ3n) is 2.68. The van der Waals surface area contributed by atoms with Gasteiger partial charge in [0.1, 0.15) is 6.33 Å². The number of hydrogen-bond acceptors (Lipinski definition) is 4. The number of hydrogen-bond donors (Lipinski definition) is 1. The lowest BCUT2D eigenvalue weighted by atomic mass is 9.89. The zero-order valence-electron chi connectivity index (χ0n) is 7.95. The second-order valence-electron chi connectivity index (χ2n) is 3.75. The number of rotatable bonds is 3. The maximum absolute atomic E-state index is 6.04. The molecule has 0 spiro atoms. The van der Waals surface area contributed by atoms with E-state index in [1.165, 1.54) is 24.4 Å². The fourth-order valence-corrected chi connectivity index (χ4v) is 2.50. The summed E-state index contributed by atoms with van der Waals surface area (Å²) in [4.78, 5) is 4.09. The van der Waals surface area contributed by atoms with E-state index in [1.54, 1.807) is 6.33 Å². The lowest BCUT2D eigenvalue weighted by Gasteiger charge is -2.24. The van der Waals surface area contributed by atoms with Crippen LogP contribution in [-0.2, 0) is 0 Å². The average Bonchev–Trinajstić information content (AvgIpc) is 2.70. The fourth-order valence-electron chi connectivity index (χ4n) is 1.81. The summed E-state index contributed by atoms with van der Waals surface area (Å²) in [5.74, 6) is 0.758. The Balaban J connectivity index is 1.71. The van der Waals surface area contributed by atoms with E-state index in [0.29, 0.717) is 5.38 Å². The Kier molecular flexibility index (Phi) is 3.59. The van der Waals surface area contributed by atoms with Crippen LogP contribution in [0.1, 0.15) is 25.7 Å². The third-order valence-corrected chi connectivity index (χ3v) is 3.74. The maximum atomic E-state index is 6.04. The van der Waals surface area contributed by atoms with Gasteiger partial charge < -0.3 is 5.32 Å². The summed E-state index contributed by atoms with van der Waals surface area (Å²) in [7, 11) is 0. The summed E-state index contributed by atoms with van der Waals surface area (Å²) < 4.78 is 3.94. The number of alkyl halides is 1. The molecule has 1 aliphatic rings. The fraction of sp³-hybridized carbons (Fsp3) is 0.778. The lowest BCUT2D eigenvalue weighted by molar-refractivity contribution is 0.378. The van der Waals surface area contributed by atoms with Gasteiger partial charge in [0.25, 0.3) is 0 Å². The number of anilines is 1. The van der Waals surface area contributed by atoms with Crippen molar-refractivity contribution >= 4 is 28.3 Å². The molecule has 1 heterocycles. The molecular weight excluding hydrogens is 218 g/mol. The summed E-state index contributed by atoms with van der Waals surface area (Å²) in [6.07, 6.45) is 6.37. The van der Waals surface area contributed by atoms with Crippen molar-refractivity contribution in [2.45, 2.75) is 31.1 Å². The molecule has 1 aromatic rings. The van der Waals surface area contributed by atoms with Crippen molar-refractivity contribution in [2.75, 3.05) is 11.9 Å². The van der Waals surface area contributed by atoms with Crippen molar-refractivity contribution in [2.24, 2.45) is 5.92 Å². The summed E-state index contributed by atoms with van der Waals surface area (Å²) >= 11 is 7.45. The van der Waals surface area contributed by atoms with E-state index in [4.69, 9.17) is 11.6 Å². The summed E-state index contributed by atoms with van der Waals surface area (Å²) in [6.45, 7) is 1.01. The molecule has 1 aliphatic carbocycles. The van der Waals surface area contributed by atoms with Gasteiger partial charge in [-0.25, -0.2) is 4.98 Å². The topological polar surface area (TPSA) is 37.8 Å². The summed E-state index contributed by atoms with van der Waals surface area (Å²) in [5, 5.41) is 4.65. The summed E-state index contributed by atoms with van der Waals surface area (Å²) in [6, 6.07) is 0. The van der Waals surface area contributed by atoms with E-state index in [9.17, 15) is 0 Å². The Hall–Kier alpha value is -0.350. The monoisotopic (exact) mass is 231 g/mol. The standard InChI is InChI=1S/C9H14ClN3S/c10-8-3-1-7(2-4-8)5-11-9-12-6-13-14-9/h6-8H,1-5H2,(H,11,12,13). The van der Waals surface area contributed by atoms with Gasteiger partial charge >= 0.3 is 0 Å². The molecule has 0 bridgehead atoms. The van der Waals surface area contributed by atoms with Crippen molar-refractivity contribution in [1.82, 2.24) is 9.36 Å².